The number of aliphatic imine (C=N–C) groups is 1. The lowest BCUT2D eigenvalue weighted by atomic mass is 10.3. The number of hydrogen-bond donors (Lipinski definition) is 2. The second kappa shape index (κ2) is 10.0. The Kier molecular flexibility index (Phi) is 7.72. The summed E-state index contributed by atoms with van der Waals surface area (Å²) in [5.74, 6) is 2.40. The topological polar surface area (TPSA) is 67.8 Å². The van der Waals surface area contributed by atoms with E-state index in [1.54, 1.807) is 25.5 Å². The average molecular weight is 377 g/mol. The van der Waals surface area contributed by atoms with E-state index in [4.69, 9.17) is 9.47 Å². The molecule has 0 bridgehead atoms. The highest BCUT2D eigenvalue weighted by Crippen LogP contribution is 2.18. The van der Waals surface area contributed by atoms with Crippen molar-refractivity contribution < 1.29 is 9.47 Å². The summed E-state index contributed by atoms with van der Waals surface area (Å²) in [5.41, 5.74) is 1.12. The summed E-state index contributed by atoms with van der Waals surface area (Å²) < 4.78 is 11.0. The van der Waals surface area contributed by atoms with Gasteiger partial charge in [-0.25, -0.2) is 4.98 Å². The van der Waals surface area contributed by atoms with Gasteiger partial charge in [-0.05, 0) is 45.0 Å². The summed E-state index contributed by atoms with van der Waals surface area (Å²) in [4.78, 5) is 10.1. The molecule has 0 saturated carbocycles. The lowest BCUT2D eigenvalue weighted by Crippen LogP contribution is -2.42. The molecular formula is C19H28N4O2S. The van der Waals surface area contributed by atoms with Gasteiger partial charge in [0.05, 0.1) is 24.4 Å². The van der Waals surface area contributed by atoms with Crippen LogP contribution in [0.4, 0.5) is 0 Å². The van der Waals surface area contributed by atoms with E-state index in [2.05, 4.69) is 27.5 Å². The van der Waals surface area contributed by atoms with E-state index in [1.165, 1.54) is 4.88 Å². The molecule has 1 aromatic carbocycles. The summed E-state index contributed by atoms with van der Waals surface area (Å²) in [7, 11) is 3.42. The monoisotopic (exact) mass is 376 g/mol. The molecule has 0 fully saturated rings. The Balaban J connectivity index is 1.71. The van der Waals surface area contributed by atoms with Gasteiger partial charge in [0.1, 0.15) is 17.6 Å². The standard InChI is InChI=1S/C19H28N4O2S/c1-13(25-17-8-6-16(24-5)7-9-17)12-22-19(20-4)21-11-10-18-23-14(2)15(3)26-18/h6-9,13H,10-12H2,1-5H3,(H2,20,21,22). The molecular weight excluding hydrogens is 348 g/mol. The number of thiazole rings is 1. The zero-order valence-electron chi connectivity index (χ0n) is 16.1. The smallest absolute Gasteiger partial charge is 0.191 e. The molecule has 1 aromatic heterocycles. The maximum Gasteiger partial charge on any atom is 0.191 e. The Hall–Kier alpha value is -2.28. The summed E-state index contributed by atoms with van der Waals surface area (Å²) in [6.45, 7) is 7.62. The zero-order valence-corrected chi connectivity index (χ0v) is 16.9. The SMILES string of the molecule is CN=C(NCCc1nc(C)c(C)s1)NCC(C)Oc1ccc(OC)cc1. The van der Waals surface area contributed by atoms with Gasteiger partial charge in [-0.2, -0.15) is 0 Å². The van der Waals surface area contributed by atoms with Gasteiger partial charge in [-0.15, -0.1) is 11.3 Å². The van der Waals surface area contributed by atoms with Crippen LogP contribution in [-0.2, 0) is 6.42 Å². The van der Waals surface area contributed by atoms with E-state index in [0.717, 1.165) is 41.1 Å². The minimum absolute atomic E-state index is 0.00575. The summed E-state index contributed by atoms with van der Waals surface area (Å²) in [5, 5.41) is 7.75. The molecule has 1 atom stereocenters. The van der Waals surface area contributed by atoms with Gasteiger partial charge in [0, 0.05) is 24.9 Å². The van der Waals surface area contributed by atoms with Crippen molar-refractivity contribution in [2.24, 2.45) is 4.99 Å². The maximum atomic E-state index is 5.89. The number of aromatic nitrogens is 1. The molecule has 0 aliphatic rings. The molecule has 26 heavy (non-hydrogen) atoms. The number of nitrogens with one attached hydrogen (secondary N) is 2. The number of guanidine groups is 1. The highest BCUT2D eigenvalue weighted by Gasteiger charge is 2.07. The van der Waals surface area contributed by atoms with Crippen LogP contribution in [0.2, 0.25) is 0 Å². The molecule has 0 aliphatic carbocycles. The van der Waals surface area contributed by atoms with Crippen LogP contribution in [0.3, 0.4) is 0 Å². The molecule has 0 radical (unpaired) electrons. The van der Waals surface area contributed by atoms with Crippen LogP contribution in [0.25, 0.3) is 0 Å². The Morgan fingerprint density at radius 3 is 2.46 bits per heavy atom. The zero-order chi connectivity index (χ0) is 18.9. The fourth-order valence-electron chi connectivity index (χ4n) is 2.32. The van der Waals surface area contributed by atoms with Crippen LogP contribution in [0, 0.1) is 13.8 Å². The van der Waals surface area contributed by atoms with Gasteiger partial charge in [-0.3, -0.25) is 4.99 Å². The number of hydrogen-bond acceptors (Lipinski definition) is 5. The van der Waals surface area contributed by atoms with Crippen LogP contribution in [0.1, 0.15) is 22.5 Å². The summed E-state index contributed by atoms with van der Waals surface area (Å²) >= 11 is 1.76. The molecule has 6 nitrogen and oxygen atoms in total. The highest BCUT2D eigenvalue weighted by atomic mass is 32.1. The predicted molar refractivity (Wildman–Crippen MR) is 108 cm³/mol. The molecule has 0 saturated heterocycles. The second-order valence-electron chi connectivity index (χ2n) is 5.98. The molecule has 2 aromatic rings. The molecule has 0 amide bonds. The maximum absolute atomic E-state index is 5.89. The first-order valence-electron chi connectivity index (χ1n) is 8.70. The van der Waals surface area contributed by atoms with Crippen LogP contribution < -0.4 is 20.1 Å². The second-order valence-corrected chi connectivity index (χ2v) is 7.27. The van der Waals surface area contributed by atoms with Crippen molar-refractivity contribution in [1.82, 2.24) is 15.6 Å². The molecule has 2 rings (SSSR count). The number of aryl methyl sites for hydroxylation is 2. The Labute approximate surface area is 159 Å². The Morgan fingerprint density at radius 1 is 1.19 bits per heavy atom. The van der Waals surface area contributed by atoms with Crippen molar-refractivity contribution >= 4 is 17.3 Å². The van der Waals surface area contributed by atoms with Gasteiger partial charge in [0.15, 0.2) is 5.96 Å². The third kappa shape index (κ3) is 6.22. The molecule has 1 unspecified atom stereocenters. The van der Waals surface area contributed by atoms with Crippen LogP contribution in [0.5, 0.6) is 11.5 Å². The van der Waals surface area contributed by atoms with E-state index in [1.807, 2.05) is 38.1 Å². The van der Waals surface area contributed by atoms with Gasteiger partial charge in [0.2, 0.25) is 0 Å². The molecule has 0 spiro atoms. The molecule has 7 heteroatoms. The first-order valence-corrected chi connectivity index (χ1v) is 9.51. The molecule has 1 heterocycles. The minimum Gasteiger partial charge on any atom is -0.497 e. The fourth-order valence-corrected chi connectivity index (χ4v) is 3.26. The Morgan fingerprint density at radius 2 is 1.88 bits per heavy atom. The number of ether oxygens (including phenoxy) is 2. The van der Waals surface area contributed by atoms with Gasteiger partial charge < -0.3 is 20.1 Å². The predicted octanol–water partition coefficient (Wildman–Crippen LogP) is 2.94. The van der Waals surface area contributed by atoms with Gasteiger partial charge in [-0.1, -0.05) is 0 Å². The Bertz CT molecular complexity index is 693. The highest BCUT2D eigenvalue weighted by molar-refractivity contribution is 7.11. The quantitative estimate of drug-likeness (QED) is 0.548. The van der Waals surface area contributed by atoms with Crippen LogP contribution in [-0.4, -0.2) is 44.3 Å². The number of rotatable bonds is 8. The lowest BCUT2D eigenvalue weighted by molar-refractivity contribution is 0.223. The molecule has 2 N–H and O–H groups in total. The normalized spacial score (nSPS) is 12.6. The largest absolute Gasteiger partial charge is 0.497 e. The minimum atomic E-state index is 0.00575. The van der Waals surface area contributed by atoms with E-state index < -0.39 is 0 Å². The van der Waals surface area contributed by atoms with Crippen molar-refractivity contribution in [3.05, 3.63) is 39.8 Å². The van der Waals surface area contributed by atoms with E-state index in [0.29, 0.717) is 6.54 Å². The van der Waals surface area contributed by atoms with Crippen LogP contribution in [0.15, 0.2) is 29.3 Å². The van der Waals surface area contributed by atoms with Crippen molar-refractivity contribution in [3.63, 3.8) is 0 Å². The summed E-state index contributed by atoms with van der Waals surface area (Å²) in [6, 6.07) is 7.58. The van der Waals surface area contributed by atoms with E-state index in [9.17, 15) is 0 Å². The third-order valence-electron chi connectivity index (χ3n) is 3.88. The average Bonchev–Trinajstić information content (AvgIpc) is 2.96. The van der Waals surface area contributed by atoms with Gasteiger partial charge >= 0.3 is 0 Å². The lowest BCUT2D eigenvalue weighted by Gasteiger charge is -2.17. The van der Waals surface area contributed by atoms with Crippen molar-refractivity contribution in [3.8, 4) is 11.5 Å². The van der Waals surface area contributed by atoms with E-state index in [-0.39, 0.29) is 6.10 Å². The van der Waals surface area contributed by atoms with Crippen LogP contribution >= 0.6 is 11.3 Å². The third-order valence-corrected chi connectivity index (χ3v) is 5.01. The number of benzene rings is 1. The van der Waals surface area contributed by atoms with Crippen molar-refractivity contribution in [2.75, 3.05) is 27.2 Å². The summed E-state index contributed by atoms with van der Waals surface area (Å²) in [6.07, 6.45) is 0.893. The number of nitrogens with zero attached hydrogens (tertiary/aromatic N) is 2. The van der Waals surface area contributed by atoms with Crippen molar-refractivity contribution in [1.29, 1.82) is 0 Å². The van der Waals surface area contributed by atoms with Gasteiger partial charge in [0.25, 0.3) is 0 Å². The fraction of sp³-hybridized carbons (Fsp3) is 0.474. The van der Waals surface area contributed by atoms with Crippen molar-refractivity contribution in [2.45, 2.75) is 33.3 Å². The first-order chi connectivity index (χ1) is 12.5. The number of methoxy groups -OCH3 is 1. The van der Waals surface area contributed by atoms with E-state index >= 15 is 0 Å². The molecule has 0 aliphatic heterocycles. The molecule has 142 valence electrons. The first kappa shape index (κ1) is 20.0.